The third-order valence-corrected chi connectivity index (χ3v) is 8.95. The van der Waals surface area contributed by atoms with E-state index in [9.17, 15) is 9.13 Å². The van der Waals surface area contributed by atoms with Gasteiger partial charge in [0.15, 0.2) is 0 Å². The van der Waals surface area contributed by atoms with E-state index >= 15 is 0 Å². The monoisotopic (exact) mass is 386 g/mol. The van der Waals surface area contributed by atoms with Gasteiger partial charge in [-0.05, 0) is 11.8 Å². The smallest absolute Gasteiger partial charge is 0.328 e. The van der Waals surface area contributed by atoms with Crippen molar-refractivity contribution in [1.82, 2.24) is 0 Å². The topological polar surface area (TPSA) is 61.8 Å². The molecule has 0 saturated carbocycles. The van der Waals surface area contributed by atoms with Crippen molar-refractivity contribution >= 4 is 15.0 Å². The fraction of sp³-hybridized carbons (Fsp3) is 0.778. The van der Waals surface area contributed by atoms with Crippen LogP contribution in [0.3, 0.4) is 0 Å². The lowest BCUT2D eigenvalue weighted by Crippen LogP contribution is -2.38. The molecule has 2 aliphatic rings. The Bertz CT molecular complexity index is 711. The van der Waals surface area contributed by atoms with Crippen molar-refractivity contribution in [2.24, 2.45) is 16.7 Å². The van der Waals surface area contributed by atoms with Crippen LogP contribution in [0.15, 0.2) is 0 Å². The van der Waals surface area contributed by atoms with Crippen LogP contribution in [-0.4, -0.2) is 38.8 Å². The van der Waals surface area contributed by atoms with Crippen molar-refractivity contribution < 1.29 is 22.7 Å². The van der Waals surface area contributed by atoms with Gasteiger partial charge in [0.2, 0.25) is 7.37 Å². The summed E-state index contributed by atoms with van der Waals surface area (Å²) in [6, 6.07) is 0. The van der Waals surface area contributed by atoms with Crippen LogP contribution in [0.25, 0.3) is 0 Å². The molecular weight excluding hydrogens is 358 g/mol. The molecule has 7 heteroatoms. The molecule has 2 heterocycles. The van der Waals surface area contributed by atoms with Gasteiger partial charge >= 0.3 is 7.60 Å². The van der Waals surface area contributed by atoms with E-state index < -0.39 is 21.1 Å². The van der Waals surface area contributed by atoms with E-state index in [4.69, 9.17) is 20.0 Å². The summed E-state index contributed by atoms with van der Waals surface area (Å²) in [5, 5.41) is 0. The predicted molar refractivity (Wildman–Crippen MR) is 99.9 cm³/mol. The molecule has 2 fully saturated rings. The summed E-state index contributed by atoms with van der Waals surface area (Å²) in [4.78, 5) is 0. The Morgan fingerprint density at radius 1 is 1.32 bits per heavy atom. The molecule has 0 radical (unpaired) electrons. The van der Waals surface area contributed by atoms with Crippen LogP contribution in [0.5, 0.6) is 0 Å². The highest BCUT2D eigenvalue weighted by molar-refractivity contribution is 7.59. The van der Waals surface area contributed by atoms with Crippen molar-refractivity contribution in [2.45, 2.75) is 39.7 Å². The molecule has 5 atom stereocenters. The van der Waals surface area contributed by atoms with Crippen molar-refractivity contribution in [1.29, 1.82) is 0 Å². The SMILES string of the molecule is C#CC1CP(=O)(OC)CCC1(C)CC#CC1OP(C)(=O)OCC1(C)C. The normalized spacial score (nSPS) is 43.5. The second-order valence-electron chi connectivity index (χ2n) is 8.04. The molecule has 0 spiro atoms. The van der Waals surface area contributed by atoms with Gasteiger partial charge in [-0.15, -0.1) is 12.3 Å². The van der Waals surface area contributed by atoms with E-state index in [2.05, 4.69) is 24.7 Å². The molecule has 5 unspecified atom stereocenters. The minimum absolute atomic E-state index is 0.137. The van der Waals surface area contributed by atoms with Crippen molar-refractivity contribution in [3.63, 3.8) is 0 Å². The summed E-state index contributed by atoms with van der Waals surface area (Å²) in [7, 11) is -4.16. The minimum atomic E-state index is -3.04. The number of hydrogen-bond acceptors (Lipinski definition) is 5. The van der Waals surface area contributed by atoms with Crippen LogP contribution in [-0.2, 0) is 22.7 Å². The van der Waals surface area contributed by atoms with Crippen LogP contribution in [0.4, 0.5) is 0 Å². The van der Waals surface area contributed by atoms with Crippen molar-refractivity contribution in [2.75, 3.05) is 32.7 Å². The molecule has 0 aromatic carbocycles. The molecule has 2 rings (SSSR count). The van der Waals surface area contributed by atoms with E-state index in [1.165, 1.54) is 13.8 Å². The van der Waals surface area contributed by atoms with Gasteiger partial charge in [-0.25, -0.2) is 0 Å². The molecule has 0 bridgehead atoms. The Kier molecular flexibility index (Phi) is 6.01. The summed E-state index contributed by atoms with van der Waals surface area (Å²) in [5.41, 5.74) is -0.541. The second-order valence-corrected chi connectivity index (χ2v) is 12.9. The Morgan fingerprint density at radius 2 is 2.00 bits per heavy atom. The Labute approximate surface area is 151 Å². The minimum Gasteiger partial charge on any atom is -0.332 e. The van der Waals surface area contributed by atoms with Gasteiger partial charge in [-0.1, -0.05) is 32.6 Å². The molecular formula is C18H28O5P2. The highest BCUT2D eigenvalue weighted by Crippen LogP contribution is 2.58. The lowest BCUT2D eigenvalue weighted by molar-refractivity contribution is 0.00749. The van der Waals surface area contributed by atoms with Gasteiger partial charge in [-0.3, -0.25) is 13.7 Å². The summed E-state index contributed by atoms with van der Waals surface area (Å²) < 4.78 is 40.7. The lowest BCUT2D eigenvalue weighted by Gasteiger charge is -2.40. The van der Waals surface area contributed by atoms with Gasteiger partial charge in [0, 0.05) is 43.9 Å². The summed E-state index contributed by atoms with van der Waals surface area (Å²) in [5.74, 6) is 8.97. The maximum Gasteiger partial charge on any atom is 0.328 e. The zero-order valence-electron chi connectivity index (χ0n) is 15.7. The Balaban J connectivity index is 2.12. The lowest BCUT2D eigenvalue weighted by atomic mass is 9.73. The highest BCUT2D eigenvalue weighted by Gasteiger charge is 2.44. The zero-order chi connectivity index (χ0) is 18.9. The van der Waals surface area contributed by atoms with Gasteiger partial charge in [0.25, 0.3) is 0 Å². The third kappa shape index (κ3) is 4.80. The first-order valence-electron chi connectivity index (χ1n) is 8.44. The fourth-order valence-corrected chi connectivity index (χ4v) is 6.93. The standard InChI is InChI=1S/C18H28O5P2/c1-7-15-13-25(20,21-5)12-11-18(15,4)10-8-9-16-17(2,3)14-22-24(6,19)23-16/h1,15-16H,10-14H2,2-6H3. The molecule has 2 aliphatic heterocycles. The maximum atomic E-state index is 12.5. The van der Waals surface area contributed by atoms with E-state index in [1.807, 2.05) is 13.8 Å². The average Bonchev–Trinajstić information content (AvgIpc) is 2.54. The van der Waals surface area contributed by atoms with Crippen LogP contribution in [0.1, 0.15) is 33.6 Å². The summed E-state index contributed by atoms with van der Waals surface area (Å²) >= 11 is 0. The number of hydrogen-bond donors (Lipinski definition) is 0. The van der Waals surface area contributed by atoms with E-state index in [-0.39, 0.29) is 16.7 Å². The Hall–Kier alpha value is -0.540. The largest absolute Gasteiger partial charge is 0.332 e. The van der Waals surface area contributed by atoms with Crippen molar-refractivity contribution in [3.8, 4) is 24.2 Å². The van der Waals surface area contributed by atoms with Gasteiger partial charge in [0.05, 0.1) is 6.61 Å². The van der Waals surface area contributed by atoms with Crippen LogP contribution in [0, 0.1) is 40.9 Å². The van der Waals surface area contributed by atoms with Gasteiger partial charge < -0.3 is 9.05 Å². The van der Waals surface area contributed by atoms with E-state index in [0.717, 1.165) is 0 Å². The van der Waals surface area contributed by atoms with Gasteiger partial charge in [-0.2, -0.15) is 0 Å². The quantitative estimate of drug-likeness (QED) is 0.525. The van der Waals surface area contributed by atoms with Crippen LogP contribution >= 0.6 is 15.0 Å². The molecule has 5 nitrogen and oxygen atoms in total. The zero-order valence-corrected chi connectivity index (χ0v) is 17.5. The first-order valence-corrected chi connectivity index (χ1v) is 12.4. The van der Waals surface area contributed by atoms with Crippen LogP contribution in [0.2, 0.25) is 0 Å². The Morgan fingerprint density at radius 3 is 2.60 bits per heavy atom. The molecule has 2 saturated heterocycles. The fourth-order valence-electron chi connectivity index (χ4n) is 3.11. The highest BCUT2D eigenvalue weighted by atomic mass is 31.2. The average molecular weight is 386 g/mol. The molecule has 0 aliphatic carbocycles. The first kappa shape index (κ1) is 20.8. The molecule has 0 amide bonds. The number of terminal acetylenes is 1. The van der Waals surface area contributed by atoms with E-state index in [0.29, 0.717) is 31.8 Å². The molecule has 140 valence electrons. The van der Waals surface area contributed by atoms with Crippen molar-refractivity contribution in [3.05, 3.63) is 0 Å². The molecule has 0 aromatic rings. The van der Waals surface area contributed by atoms with Gasteiger partial charge in [0.1, 0.15) is 6.10 Å². The number of rotatable bonds is 2. The van der Waals surface area contributed by atoms with Crippen LogP contribution < -0.4 is 0 Å². The predicted octanol–water partition coefficient (Wildman–Crippen LogP) is 4.23. The summed E-state index contributed by atoms with van der Waals surface area (Å²) in [6.07, 6.45) is 7.48. The molecule has 0 N–H and O–H groups in total. The third-order valence-electron chi connectivity index (χ3n) is 5.26. The first-order chi connectivity index (χ1) is 11.5. The summed E-state index contributed by atoms with van der Waals surface area (Å²) in [6.45, 7) is 7.86. The molecule has 0 aromatic heterocycles. The maximum absolute atomic E-state index is 12.5. The second kappa shape index (κ2) is 7.23. The molecule has 25 heavy (non-hydrogen) atoms. The van der Waals surface area contributed by atoms with E-state index in [1.54, 1.807) is 0 Å².